The molecule has 188 valence electrons. The second kappa shape index (κ2) is 11.8. The molecule has 7 heteroatoms. The van der Waals surface area contributed by atoms with Gasteiger partial charge in [-0.1, -0.05) is 83.6 Å². The molecule has 0 aliphatic rings. The smallest absolute Gasteiger partial charge is 0.294 e. The average molecular weight is 512 g/mol. The number of aryl methyl sites for hydroxylation is 3. The number of nitro groups is 1. The van der Waals surface area contributed by atoms with Gasteiger partial charge in [-0.3, -0.25) is 10.1 Å². The van der Waals surface area contributed by atoms with Crippen LogP contribution in [0.15, 0.2) is 101 Å². The Balaban J connectivity index is 1.83. The van der Waals surface area contributed by atoms with E-state index in [0.717, 1.165) is 27.1 Å². The molecular formula is C30H29N3O3S. The second-order valence-electron chi connectivity index (χ2n) is 9.02. The molecule has 1 N–H and O–H groups in total. The van der Waals surface area contributed by atoms with Crippen molar-refractivity contribution in [1.82, 2.24) is 4.90 Å². The summed E-state index contributed by atoms with van der Waals surface area (Å²) in [6.07, 6.45) is 0. The fourth-order valence-corrected chi connectivity index (χ4v) is 4.92. The molecule has 0 aliphatic heterocycles. The van der Waals surface area contributed by atoms with Gasteiger partial charge in [0.15, 0.2) is 5.17 Å². The van der Waals surface area contributed by atoms with Crippen LogP contribution >= 0.6 is 11.8 Å². The minimum absolute atomic E-state index is 0.0473. The SMILES string of the molecule is Cc1ccc(CN(Cc2cccc(O)c2)C(=Nc2ccccc2[N+](=O)[O-])Sc2ccc(C)cc2C)cc1. The molecular weight excluding hydrogens is 482 g/mol. The lowest BCUT2D eigenvalue weighted by Gasteiger charge is -2.27. The fourth-order valence-electron chi connectivity index (χ4n) is 3.97. The van der Waals surface area contributed by atoms with Gasteiger partial charge >= 0.3 is 0 Å². The molecule has 0 aromatic heterocycles. The van der Waals surface area contributed by atoms with E-state index >= 15 is 0 Å². The van der Waals surface area contributed by atoms with Gasteiger partial charge in [0.2, 0.25) is 0 Å². The minimum Gasteiger partial charge on any atom is -0.508 e. The number of thioether (sulfide) groups is 1. The maximum Gasteiger partial charge on any atom is 0.294 e. The Morgan fingerprint density at radius 1 is 0.865 bits per heavy atom. The highest BCUT2D eigenvalue weighted by atomic mass is 32.2. The summed E-state index contributed by atoms with van der Waals surface area (Å²) in [5.41, 5.74) is 5.68. The molecule has 0 unspecified atom stereocenters. The van der Waals surface area contributed by atoms with Crippen LogP contribution < -0.4 is 0 Å². The van der Waals surface area contributed by atoms with Gasteiger partial charge in [-0.05, 0) is 61.7 Å². The molecule has 4 aromatic rings. The largest absolute Gasteiger partial charge is 0.508 e. The van der Waals surface area contributed by atoms with Crippen molar-refractivity contribution in [3.8, 4) is 5.75 Å². The standard InChI is InChI=1S/C30H29N3O3S/c1-21-11-14-24(15-12-21)19-32(20-25-7-6-8-26(34)18-25)30(37-29-16-13-22(2)17-23(29)3)31-27-9-4-5-10-28(27)33(35)36/h4-18,34H,19-20H2,1-3H3. The van der Waals surface area contributed by atoms with Gasteiger partial charge in [0.1, 0.15) is 11.4 Å². The van der Waals surface area contributed by atoms with Crippen molar-refractivity contribution >= 4 is 28.3 Å². The first-order valence-electron chi connectivity index (χ1n) is 11.9. The zero-order chi connectivity index (χ0) is 26.4. The Hall–Kier alpha value is -4.10. The van der Waals surface area contributed by atoms with Crippen molar-refractivity contribution in [3.05, 3.63) is 129 Å². The fraction of sp³-hybridized carbons (Fsp3) is 0.167. The van der Waals surface area contributed by atoms with Crippen molar-refractivity contribution in [3.63, 3.8) is 0 Å². The number of nitro benzene ring substituents is 1. The Bertz CT molecular complexity index is 1430. The first-order chi connectivity index (χ1) is 17.8. The number of hydrogen-bond acceptors (Lipinski definition) is 5. The van der Waals surface area contributed by atoms with Crippen LogP contribution in [-0.2, 0) is 13.1 Å². The van der Waals surface area contributed by atoms with Crippen LogP contribution in [-0.4, -0.2) is 20.1 Å². The third-order valence-electron chi connectivity index (χ3n) is 5.87. The van der Waals surface area contributed by atoms with Gasteiger partial charge in [0, 0.05) is 24.1 Å². The number of aliphatic imine (C=N–C) groups is 1. The van der Waals surface area contributed by atoms with Crippen LogP contribution in [0.4, 0.5) is 11.4 Å². The highest BCUT2D eigenvalue weighted by Gasteiger charge is 2.20. The zero-order valence-electron chi connectivity index (χ0n) is 21.1. The van der Waals surface area contributed by atoms with Crippen LogP contribution in [0.2, 0.25) is 0 Å². The van der Waals surface area contributed by atoms with E-state index in [0.29, 0.717) is 23.9 Å². The number of aromatic hydroxyl groups is 1. The Kier molecular flexibility index (Phi) is 8.25. The molecule has 0 atom stereocenters. The zero-order valence-corrected chi connectivity index (χ0v) is 21.9. The molecule has 6 nitrogen and oxygen atoms in total. The highest BCUT2D eigenvalue weighted by Crippen LogP contribution is 2.33. The topological polar surface area (TPSA) is 79.0 Å². The van der Waals surface area contributed by atoms with Gasteiger partial charge in [-0.25, -0.2) is 4.99 Å². The van der Waals surface area contributed by atoms with E-state index in [1.165, 1.54) is 23.4 Å². The van der Waals surface area contributed by atoms with E-state index < -0.39 is 4.92 Å². The Labute approximate surface area is 221 Å². The van der Waals surface area contributed by atoms with Gasteiger partial charge in [-0.15, -0.1) is 0 Å². The van der Waals surface area contributed by atoms with Crippen molar-refractivity contribution in [2.75, 3.05) is 0 Å². The first-order valence-corrected chi connectivity index (χ1v) is 12.8. The lowest BCUT2D eigenvalue weighted by atomic mass is 10.1. The van der Waals surface area contributed by atoms with Gasteiger partial charge < -0.3 is 10.0 Å². The van der Waals surface area contributed by atoms with E-state index in [1.54, 1.807) is 30.3 Å². The highest BCUT2D eigenvalue weighted by molar-refractivity contribution is 8.13. The van der Waals surface area contributed by atoms with Crippen LogP contribution in [0.25, 0.3) is 0 Å². The number of rotatable bonds is 7. The molecule has 0 spiro atoms. The van der Waals surface area contributed by atoms with E-state index in [9.17, 15) is 15.2 Å². The van der Waals surface area contributed by atoms with E-state index in [2.05, 4.69) is 61.2 Å². The van der Waals surface area contributed by atoms with Crippen LogP contribution in [0.3, 0.4) is 0 Å². The number of phenols is 1. The quantitative estimate of drug-likeness (QED) is 0.0904. The summed E-state index contributed by atoms with van der Waals surface area (Å²) >= 11 is 1.48. The lowest BCUT2D eigenvalue weighted by Crippen LogP contribution is -2.28. The summed E-state index contributed by atoms with van der Waals surface area (Å²) in [6, 6.07) is 28.2. The Morgan fingerprint density at radius 2 is 1.57 bits per heavy atom. The molecule has 0 aliphatic carbocycles. The van der Waals surface area contributed by atoms with Gasteiger partial charge in [0.05, 0.1) is 4.92 Å². The number of amidine groups is 1. The normalized spacial score (nSPS) is 11.4. The molecule has 0 fully saturated rings. The number of para-hydroxylation sites is 2. The lowest BCUT2D eigenvalue weighted by molar-refractivity contribution is -0.384. The predicted molar refractivity (Wildman–Crippen MR) is 150 cm³/mol. The van der Waals surface area contributed by atoms with Crippen molar-refractivity contribution in [2.24, 2.45) is 4.99 Å². The average Bonchev–Trinajstić information content (AvgIpc) is 2.86. The minimum atomic E-state index is -0.405. The second-order valence-corrected chi connectivity index (χ2v) is 10.0. The number of nitrogens with zero attached hydrogens (tertiary/aromatic N) is 3. The first kappa shape index (κ1) is 26.0. The van der Waals surface area contributed by atoms with Crippen molar-refractivity contribution in [1.29, 1.82) is 0 Å². The predicted octanol–water partition coefficient (Wildman–Crippen LogP) is 7.71. The summed E-state index contributed by atoms with van der Waals surface area (Å²) in [6.45, 7) is 7.14. The number of benzene rings is 4. The maximum absolute atomic E-state index is 11.8. The third-order valence-corrected chi connectivity index (χ3v) is 7.08. The Morgan fingerprint density at radius 3 is 2.27 bits per heavy atom. The molecule has 4 aromatic carbocycles. The van der Waals surface area contributed by atoms with Crippen molar-refractivity contribution < 1.29 is 10.0 Å². The van der Waals surface area contributed by atoms with E-state index in [-0.39, 0.29) is 11.4 Å². The summed E-state index contributed by atoms with van der Waals surface area (Å²) in [7, 11) is 0. The van der Waals surface area contributed by atoms with E-state index in [1.807, 2.05) is 19.1 Å². The number of hydrogen-bond donors (Lipinski definition) is 1. The molecule has 0 heterocycles. The molecule has 0 amide bonds. The van der Waals surface area contributed by atoms with Crippen LogP contribution in [0.1, 0.15) is 27.8 Å². The monoisotopic (exact) mass is 511 g/mol. The van der Waals surface area contributed by atoms with E-state index in [4.69, 9.17) is 4.99 Å². The van der Waals surface area contributed by atoms with Gasteiger partial charge in [-0.2, -0.15) is 0 Å². The molecule has 0 bridgehead atoms. The van der Waals surface area contributed by atoms with Crippen LogP contribution in [0.5, 0.6) is 5.75 Å². The molecule has 0 saturated carbocycles. The van der Waals surface area contributed by atoms with Crippen molar-refractivity contribution in [2.45, 2.75) is 38.8 Å². The summed E-state index contributed by atoms with van der Waals surface area (Å²) in [5.74, 6) is 0.187. The summed E-state index contributed by atoms with van der Waals surface area (Å²) in [4.78, 5) is 19.3. The molecule has 0 saturated heterocycles. The molecule has 0 radical (unpaired) electrons. The van der Waals surface area contributed by atoms with Crippen LogP contribution in [0, 0.1) is 30.9 Å². The van der Waals surface area contributed by atoms with Gasteiger partial charge in [0.25, 0.3) is 5.69 Å². The number of phenolic OH excluding ortho intramolecular Hbond substituents is 1. The third kappa shape index (κ3) is 6.98. The summed E-state index contributed by atoms with van der Waals surface area (Å²) < 4.78 is 0. The maximum atomic E-state index is 11.8. The molecule has 37 heavy (non-hydrogen) atoms. The molecule has 4 rings (SSSR count). The summed E-state index contributed by atoms with van der Waals surface area (Å²) in [5, 5.41) is 22.5.